The molecule has 0 aromatic carbocycles. The first kappa shape index (κ1) is 12.6. The van der Waals surface area contributed by atoms with Crippen molar-refractivity contribution in [2.75, 3.05) is 18.6 Å². The molecule has 0 unspecified atom stereocenters. The molecule has 0 radical (unpaired) electrons. The lowest BCUT2D eigenvalue weighted by Gasteiger charge is -2.05. The van der Waals surface area contributed by atoms with E-state index in [2.05, 4.69) is 34.3 Å². The van der Waals surface area contributed by atoms with Crippen LogP contribution in [0.5, 0.6) is 0 Å². The van der Waals surface area contributed by atoms with E-state index in [1.165, 1.54) is 17.9 Å². The van der Waals surface area contributed by atoms with Crippen LogP contribution in [0, 0.1) is 6.92 Å². The van der Waals surface area contributed by atoms with Gasteiger partial charge in [-0.1, -0.05) is 0 Å². The summed E-state index contributed by atoms with van der Waals surface area (Å²) in [7, 11) is 0. The molecule has 0 aliphatic rings. The molecule has 86 valence electrons. The summed E-state index contributed by atoms with van der Waals surface area (Å²) < 4.78 is 2.07. The highest BCUT2D eigenvalue weighted by atomic mass is 32.2. The molecular weight excluding hydrogens is 206 g/mol. The topological polar surface area (TPSA) is 29.9 Å². The number of rotatable bonds is 7. The fraction of sp³-hybridized carbons (Fsp3) is 0.727. The van der Waals surface area contributed by atoms with Gasteiger partial charge < -0.3 is 5.32 Å². The van der Waals surface area contributed by atoms with Crippen molar-refractivity contribution in [1.29, 1.82) is 0 Å². The molecule has 0 saturated carbocycles. The van der Waals surface area contributed by atoms with E-state index in [4.69, 9.17) is 0 Å². The number of hydrogen-bond donors (Lipinski definition) is 1. The van der Waals surface area contributed by atoms with Crippen molar-refractivity contribution >= 4 is 11.8 Å². The van der Waals surface area contributed by atoms with E-state index in [1.54, 1.807) is 0 Å². The molecule has 0 bridgehead atoms. The summed E-state index contributed by atoms with van der Waals surface area (Å²) in [6.07, 6.45) is 3.38. The third-order valence-electron chi connectivity index (χ3n) is 2.29. The molecule has 1 aromatic heterocycles. The van der Waals surface area contributed by atoms with E-state index in [1.807, 2.05) is 18.7 Å². The highest BCUT2D eigenvalue weighted by Crippen LogP contribution is 2.03. The standard InChI is InChI=1S/C11H21N3S/c1-4-14-11(8-10(2)13-14)9-12-6-5-7-15-3/h8,12H,4-7,9H2,1-3H3. The van der Waals surface area contributed by atoms with Crippen LogP contribution in [-0.4, -0.2) is 28.3 Å². The Morgan fingerprint density at radius 2 is 2.33 bits per heavy atom. The third-order valence-corrected chi connectivity index (χ3v) is 2.99. The highest BCUT2D eigenvalue weighted by Gasteiger charge is 2.02. The van der Waals surface area contributed by atoms with Gasteiger partial charge in [0.15, 0.2) is 0 Å². The van der Waals surface area contributed by atoms with Crippen molar-refractivity contribution in [2.24, 2.45) is 0 Å². The molecule has 0 saturated heterocycles. The second kappa shape index (κ2) is 6.90. The predicted octanol–water partition coefficient (Wildman–Crippen LogP) is 2.05. The van der Waals surface area contributed by atoms with Gasteiger partial charge in [-0.25, -0.2) is 0 Å². The zero-order valence-electron chi connectivity index (χ0n) is 9.92. The maximum atomic E-state index is 4.42. The van der Waals surface area contributed by atoms with E-state index in [-0.39, 0.29) is 0 Å². The van der Waals surface area contributed by atoms with E-state index >= 15 is 0 Å². The molecule has 1 N–H and O–H groups in total. The number of thioether (sulfide) groups is 1. The van der Waals surface area contributed by atoms with Gasteiger partial charge >= 0.3 is 0 Å². The Morgan fingerprint density at radius 3 is 3.00 bits per heavy atom. The largest absolute Gasteiger partial charge is 0.311 e. The van der Waals surface area contributed by atoms with Gasteiger partial charge in [0.05, 0.1) is 11.4 Å². The quantitative estimate of drug-likeness (QED) is 0.723. The van der Waals surface area contributed by atoms with Gasteiger partial charge in [0.1, 0.15) is 0 Å². The number of aromatic nitrogens is 2. The first-order valence-corrected chi connectivity index (χ1v) is 6.90. The van der Waals surface area contributed by atoms with Crippen LogP contribution >= 0.6 is 11.8 Å². The molecule has 3 nitrogen and oxygen atoms in total. The summed E-state index contributed by atoms with van der Waals surface area (Å²) in [5.41, 5.74) is 2.40. The summed E-state index contributed by atoms with van der Waals surface area (Å²) in [5, 5.41) is 7.87. The van der Waals surface area contributed by atoms with Crippen LogP contribution in [-0.2, 0) is 13.1 Å². The van der Waals surface area contributed by atoms with Gasteiger partial charge in [0, 0.05) is 13.1 Å². The Labute approximate surface area is 96.6 Å². The van der Waals surface area contributed by atoms with Crippen molar-refractivity contribution < 1.29 is 0 Å². The monoisotopic (exact) mass is 227 g/mol. The molecule has 1 rings (SSSR count). The lowest BCUT2D eigenvalue weighted by Crippen LogP contribution is -2.18. The molecule has 15 heavy (non-hydrogen) atoms. The fourth-order valence-corrected chi connectivity index (χ4v) is 2.01. The second-order valence-electron chi connectivity index (χ2n) is 3.62. The lowest BCUT2D eigenvalue weighted by atomic mass is 10.3. The van der Waals surface area contributed by atoms with Gasteiger partial charge in [0.25, 0.3) is 0 Å². The first-order valence-electron chi connectivity index (χ1n) is 5.51. The Bertz CT molecular complexity index is 283. The summed E-state index contributed by atoms with van der Waals surface area (Å²) in [6.45, 7) is 7.15. The third kappa shape index (κ3) is 4.26. The fourth-order valence-electron chi connectivity index (χ4n) is 1.57. The highest BCUT2D eigenvalue weighted by molar-refractivity contribution is 7.98. The summed E-state index contributed by atoms with van der Waals surface area (Å²) in [6, 6.07) is 2.16. The van der Waals surface area contributed by atoms with Gasteiger partial charge in [-0.3, -0.25) is 4.68 Å². The van der Waals surface area contributed by atoms with Gasteiger partial charge in [-0.15, -0.1) is 0 Å². The van der Waals surface area contributed by atoms with Crippen LogP contribution in [0.1, 0.15) is 24.7 Å². The molecule has 0 atom stereocenters. The first-order chi connectivity index (χ1) is 7.27. The molecular formula is C11H21N3S. The minimum atomic E-state index is 0.934. The molecule has 0 amide bonds. The van der Waals surface area contributed by atoms with E-state index in [0.29, 0.717) is 0 Å². The minimum absolute atomic E-state index is 0.934. The van der Waals surface area contributed by atoms with Crippen LogP contribution in [0.25, 0.3) is 0 Å². The minimum Gasteiger partial charge on any atom is -0.311 e. The Balaban J connectivity index is 2.30. The van der Waals surface area contributed by atoms with Crippen molar-refractivity contribution in [3.8, 4) is 0 Å². The Kier molecular flexibility index (Phi) is 5.79. The molecule has 1 aromatic rings. The van der Waals surface area contributed by atoms with Gasteiger partial charge in [-0.2, -0.15) is 16.9 Å². The van der Waals surface area contributed by atoms with Crippen molar-refractivity contribution in [1.82, 2.24) is 15.1 Å². The summed E-state index contributed by atoms with van der Waals surface area (Å²) in [5.74, 6) is 1.24. The SMILES string of the molecule is CCn1nc(C)cc1CNCCCSC. The van der Waals surface area contributed by atoms with Gasteiger partial charge in [-0.05, 0) is 44.9 Å². The van der Waals surface area contributed by atoms with E-state index in [9.17, 15) is 0 Å². The van der Waals surface area contributed by atoms with Crippen LogP contribution in [0.15, 0.2) is 6.07 Å². The molecule has 0 spiro atoms. The normalized spacial score (nSPS) is 10.9. The van der Waals surface area contributed by atoms with Gasteiger partial charge in [0.2, 0.25) is 0 Å². The molecule has 1 heterocycles. The van der Waals surface area contributed by atoms with Crippen molar-refractivity contribution in [3.63, 3.8) is 0 Å². The average Bonchev–Trinajstić information content (AvgIpc) is 2.59. The summed E-state index contributed by atoms with van der Waals surface area (Å²) in [4.78, 5) is 0. The van der Waals surface area contributed by atoms with Crippen LogP contribution in [0.4, 0.5) is 0 Å². The maximum absolute atomic E-state index is 4.42. The van der Waals surface area contributed by atoms with Crippen LogP contribution in [0.3, 0.4) is 0 Å². The maximum Gasteiger partial charge on any atom is 0.0597 e. The van der Waals surface area contributed by atoms with Crippen molar-refractivity contribution in [3.05, 3.63) is 17.5 Å². The number of nitrogens with zero attached hydrogens (tertiary/aromatic N) is 2. The average molecular weight is 227 g/mol. The predicted molar refractivity (Wildman–Crippen MR) is 67.3 cm³/mol. The van der Waals surface area contributed by atoms with Crippen LogP contribution in [0.2, 0.25) is 0 Å². The smallest absolute Gasteiger partial charge is 0.0597 e. The Morgan fingerprint density at radius 1 is 1.53 bits per heavy atom. The zero-order valence-corrected chi connectivity index (χ0v) is 10.7. The van der Waals surface area contributed by atoms with Crippen molar-refractivity contribution in [2.45, 2.75) is 33.4 Å². The van der Waals surface area contributed by atoms with E-state index in [0.717, 1.165) is 25.3 Å². The number of hydrogen-bond acceptors (Lipinski definition) is 3. The van der Waals surface area contributed by atoms with Crippen LogP contribution < -0.4 is 5.32 Å². The molecule has 4 heteroatoms. The number of aryl methyl sites for hydroxylation is 2. The second-order valence-corrected chi connectivity index (χ2v) is 4.60. The number of nitrogens with one attached hydrogen (secondary N) is 1. The lowest BCUT2D eigenvalue weighted by molar-refractivity contribution is 0.578. The Hall–Kier alpha value is -0.480. The van der Waals surface area contributed by atoms with E-state index < -0.39 is 0 Å². The molecule has 0 fully saturated rings. The molecule has 0 aliphatic heterocycles. The molecule has 0 aliphatic carbocycles. The zero-order chi connectivity index (χ0) is 11.1. The summed E-state index contributed by atoms with van der Waals surface area (Å²) >= 11 is 1.90.